The third-order valence-corrected chi connectivity index (χ3v) is 15.4. The van der Waals surface area contributed by atoms with Gasteiger partial charge in [0.2, 0.25) is 0 Å². The fourth-order valence-electron chi connectivity index (χ4n) is 7.33. The lowest BCUT2D eigenvalue weighted by molar-refractivity contribution is -0.136. The fraction of sp³-hybridized carbons (Fsp3) is 0.341. The second-order valence-electron chi connectivity index (χ2n) is 13.7. The van der Waals surface area contributed by atoms with Crippen LogP contribution in [0.4, 0.5) is 0 Å². The van der Waals surface area contributed by atoms with Crippen LogP contribution < -0.4 is 10.4 Å². The normalized spacial score (nSPS) is 19.1. The predicted molar refractivity (Wildman–Crippen MR) is 200 cm³/mol. The summed E-state index contributed by atoms with van der Waals surface area (Å²) in [5.74, 6) is 0.103. The van der Waals surface area contributed by atoms with Gasteiger partial charge in [-0.15, -0.1) is 0 Å². The summed E-state index contributed by atoms with van der Waals surface area (Å²) < 4.78 is 7.49. The smallest absolute Gasteiger partial charge is 0.261 e. The molecule has 1 unspecified atom stereocenters. The van der Waals surface area contributed by atoms with Crippen molar-refractivity contribution in [2.45, 2.75) is 83.8 Å². The number of hydrogen-bond acceptors (Lipinski definition) is 2. The van der Waals surface area contributed by atoms with Crippen LogP contribution in [0.15, 0.2) is 120 Å². The largest absolute Gasteiger partial charge is 0.405 e. The second kappa shape index (κ2) is 14.9. The Morgan fingerprint density at radius 3 is 1.94 bits per heavy atom. The molecule has 0 radical (unpaired) electrons. The Bertz CT molecular complexity index is 1640. The van der Waals surface area contributed by atoms with Gasteiger partial charge < -0.3 is 9.33 Å². The minimum absolute atomic E-state index is 0.00555. The van der Waals surface area contributed by atoms with Crippen molar-refractivity contribution in [3.8, 4) is 0 Å². The van der Waals surface area contributed by atoms with Crippen LogP contribution >= 0.6 is 23.2 Å². The number of likely N-dealkylation sites (tertiary alicyclic amines) is 1. The average molecular weight is 685 g/mol. The van der Waals surface area contributed by atoms with E-state index in [1.807, 2.05) is 24.3 Å². The van der Waals surface area contributed by atoms with Crippen molar-refractivity contribution < 1.29 is 9.22 Å². The predicted octanol–water partition coefficient (Wildman–Crippen LogP) is 10.1. The number of amides is 1. The molecular formula is C41H47Cl2NO2Si. The standard InChI is InChI=1S/C41H47Cl2NO2Si/c1-7-29(3)37-27-38(31-16-15-17-33(43)26-31)39(30-22-24-32(42)25-23-30)44(40(37)45)34(8-2)28-46-47(41(4,5)6,35-18-11-9-12-19-35)36-20-13-10-14-21-36/h9-26,34,38-39H,7-8,27-28H2,1-6H3/b37-29+/t34-,38?,39+/m0/s1. The number of hydrogen-bond donors (Lipinski definition) is 0. The molecule has 4 aromatic carbocycles. The summed E-state index contributed by atoms with van der Waals surface area (Å²) in [6.45, 7) is 13.7. The molecule has 1 amide bonds. The molecule has 0 N–H and O–H groups in total. The van der Waals surface area contributed by atoms with Crippen molar-refractivity contribution in [2.24, 2.45) is 0 Å². The molecule has 1 saturated heterocycles. The lowest BCUT2D eigenvalue weighted by atomic mass is 9.76. The second-order valence-corrected chi connectivity index (χ2v) is 18.9. The lowest BCUT2D eigenvalue weighted by Gasteiger charge is -2.49. The van der Waals surface area contributed by atoms with Gasteiger partial charge >= 0.3 is 0 Å². The lowest BCUT2D eigenvalue weighted by Crippen LogP contribution is -2.67. The van der Waals surface area contributed by atoms with Crippen molar-refractivity contribution in [3.05, 3.63) is 142 Å². The van der Waals surface area contributed by atoms with E-state index in [2.05, 4.69) is 131 Å². The minimum atomic E-state index is -2.84. The molecule has 246 valence electrons. The van der Waals surface area contributed by atoms with Gasteiger partial charge in [0.1, 0.15) is 0 Å². The van der Waals surface area contributed by atoms with Gasteiger partial charge in [-0.3, -0.25) is 4.79 Å². The first-order valence-electron chi connectivity index (χ1n) is 16.8. The van der Waals surface area contributed by atoms with Crippen LogP contribution in [0, 0.1) is 0 Å². The monoisotopic (exact) mass is 683 g/mol. The minimum Gasteiger partial charge on any atom is -0.405 e. The number of benzene rings is 4. The highest BCUT2D eigenvalue weighted by atomic mass is 35.5. The number of carbonyl (C=O) groups is 1. The van der Waals surface area contributed by atoms with Gasteiger partial charge in [-0.2, -0.15) is 0 Å². The van der Waals surface area contributed by atoms with Crippen LogP contribution in [0.1, 0.15) is 83.9 Å². The van der Waals surface area contributed by atoms with Crippen molar-refractivity contribution in [1.29, 1.82) is 0 Å². The van der Waals surface area contributed by atoms with Crippen LogP contribution in [0.25, 0.3) is 0 Å². The molecule has 0 spiro atoms. The first kappa shape index (κ1) is 35.2. The van der Waals surface area contributed by atoms with Crippen LogP contribution in [-0.2, 0) is 9.22 Å². The molecule has 3 nitrogen and oxygen atoms in total. The van der Waals surface area contributed by atoms with Crippen LogP contribution in [0.5, 0.6) is 0 Å². The Balaban J connectivity index is 1.67. The topological polar surface area (TPSA) is 29.5 Å². The van der Waals surface area contributed by atoms with E-state index in [1.54, 1.807) is 0 Å². The molecule has 0 aromatic heterocycles. The summed E-state index contributed by atoms with van der Waals surface area (Å²) in [6, 6.07) is 37.2. The molecule has 0 saturated carbocycles. The summed E-state index contributed by atoms with van der Waals surface area (Å²) in [4.78, 5) is 17.0. The van der Waals surface area contributed by atoms with Crippen LogP contribution in [0.3, 0.4) is 0 Å². The first-order chi connectivity index (χ1) is 22.5. The molecule has 5 rings (SSSR count). The third-order valence-electron chi connectivity index (χ3n) is 9.91. The van der Waals surface area contributed by atoms with Gasteiger partial charge in [0.05, 0.1) is 18.7 Å². The van der Waals surface area contributed by atoms with Gasteiger partial charge in [-0.05, 0) is 77.0 Å². The quantitative estimate of drug-likeness (QED) is 0.123. The molecule has 1 fully saturated rings. The van der Waals surface area contributed by atoms with Gasteiger partial charge in [-0.25, -0.2) is 0 Å². The van der Waals surface area contributed by atoms with Crippen molar-refractivity contribution in [1.82, 2.24) is 4.90 Å². The molecule has 0 bridgehead atoms. The molecule has 1 heterocycles. The average Bonchev–Trinajstić information content (AvgIpc) is 3.07. The Morgan fingerprint density at radius 2 is 1.43 bits per heavy atom. The highest BCUT2D eigenvalue weighted by Gasteiger charge is 2.51. The van der Waals surface area contributed by atoms with Crippen molar-refractivity contribution >= 4 is 47.8 Å². The summed E-state index contributed by atoms with van der Waals surface area (Å²) in [5.41, 5.74) is 4.21. The number of nitrogens with zero attached hydrogens (tertiary/aromatic N) is 1. The zero-order chi connectivity index (χ0) is 33.8. The van der Waals surface area contributed by atoms with E-state index in [0.717, 1.165) is 35.1 Å². The fourth-order valence-corrected chi connectivity index (χ4v) is 12.2. The number of piperidine rings is 1. The van der Waals surface area contributed by atoms with E-state index in [0.29, 0.717) is 23.1 Å². The highest BCUT2D eigenvalue weighted by Crippen LogP contribution is 2.48. The molecule has 4 aromatic rings. The van der Waals surface area contributed by atoms with Gasteiger partial charge in [0.25, 0.3) is 14.2 Å². The first-order valence-corrected chi connectivity index (χ1v) is 19.4. The molecule has 1 aliphatic rings. The Hall–Kier alpha value is -3.15. The molecule has 1 aliphatic heterocycles. The van der Waals surface area contributed by atoms with Gasteiger partial charge in [-0.1, -0.05) is 148 Å². The van der Waals surface area contributed by atoms with Crippen molar-refractivity contribution in [2.75, 3.05) is 6.61 Å². The van der Waals surface area contributed by atoms with Crippen LogP contribution in [-0.4, -0.2) is 31.8 Å². The van der Waals surface area contributed by atoms with E-state index in [-0.39, 0.29) is 28.9 Å². The number of halogens is 2. The van der Waals surface area contributed by atoms with E-state index < -0.39 is 8.32 Å². The molecular weight excluding hydrogens is 637 g/mol. The van der Waals surface area contributed by atoms with Crippen LogP contribution in [0.2, 0.25) is 15.1 Å². The van der Waals surface area contributed by atoms with Gasteiger partial charge in [0.15, 0.2) is 0 Å². The van der Waals surface area contributed by atoms with E-state index in [1.165, 1.54) is 10.4 Å². The Morgan fingerprint density at radius 1 is 0.830 bits per heavy atom. The number of rotatable bonds is 10. The summed E-state index contributed by atoms with van der Waals surface area (Å²) in [6.07, 6.45) is 2.21. The summed E-state index contributed by atoms with van der Waals surface area (Å²) >= 11 is 13.0. The Labute approximate surface area is 292 Å². The summed E-state index contributed by atoms with van der Waals surface area (Å²) in [7, 11) is -2.84. The highest BCUT2D eigenvalue weighted by molar-refractivity contribution is 6.99. The SMILES string of the molecule is CC/C(C)=C1\CC(c2cccc(Cl)c2)[C@@H](c2ccc(Cl)cc2)N([C@@H](CC)CO[Si](c2ccccc2)(c2ccccc2)C(C)(C)C)C1=O. The Kier molecular flexibility index (Phi) is 11.2. The maximum Gasteiger partial charge on any atom is 0.261 e. The van der Waals surface area contributed by atoms with E-state index in [4.69, 9.17) is 27.6 Å². The molecule has 6 heteroatoms. The van der Waals surface area contributed by atoms with E-state index >= 15 is 0 Å². The number of carbonyl (C=O) groups excluding carboxylic acids is 1. The zero-order valence-corrected chi connectivity index (χ0v) is 31.0. The maximum atomic E-state index is 14.9. The summed E-state index contributed by atoms with van der Waals surface area (Å²) in [5, 5.41) is 3.65. The van der Waals surface area contributed by atoms with Crippen molar-refractivity contribution in [3.63, 3.8) is 0 Å². The van der Waals surface area contributed by atoms with Gasteiger partial charge in [0, 0.05) is 21.5 Å². The third kappa shape index (κ3) is 7.17. The molecule has 47 heavy (non-hydrogen) atoms. The molecule has 0 aliphatic carbocycles. The van der Waals surface area contributed by atoms with E-state index in [9.17, 15) is 4.79 Å². The maximum absolute atomic E-state index is 14.9. The zero-order valence-electron chi connectivity index (χ0n) is 28.5. The number of allylic oxidation sites excluding steroid dienone is 1. The molecule has 3 atom stereocenters.